The summed E-state index contributed by atoms with van der Waals surface area (Å²) >= 11 is 0. The normalized spacial score (nSPS) is 26.3. The van der Waals surface area contributed by atoms with Gasteiger partial charge in [-0.15, -0.1) is 0 Å². The smallest absolute Gasteiger partial charge is 0.0693 e. The number of hydrogen-bond acceptors (Lipinski definition) is 3. The minimum atomic E-state index is 0.158. The van der Waals surface area contributed by atoms with Crippen molar-refractivity contribution in [3.05, 3.63) is 23.5 Å². The van der Waals surface area contributed by atoms with Gasteiger partial charge in [-0.3, -0.25) is 4.98 Å². The van der Waals surface area contributed by atoms with E-state index >= 15 is 0 Å². The molecule has 0 spiro atoms. The van der Waals surface area contributed by atoms with Crippen LogP contribution in [0, 0.1) is 6.92 Å². The van der Waals surface area contributed by atoms with Crippen molar-refractivity contribution in [3.8, 4) is 0 Å². The largest absolute Gasteiger partial charge is 0.377 e. The topological polar surface area (TPSA) is 25.4 Å². The Labute approximate surface area is 103 Å². The maximum atomic E-state index is 5.62. The number of aryl methyl sites for hydroxylation is 1. The number of morpholine rings is 1. The average Bonchev–Trinajstić information content (AvgIpc) is 2.28. The molecule has 0 saturated carbocycles. The number of aromatic nitrogens is 1. The molecule has 1 unspecified atom stereocenters. The lowest BCUT2D eigenvalue weighted by atomic mass is 9.77. The number of fused-ring (bicyclic) bond motifs is 3. The molecule has 92 valence electrons. The van der Waals surface area contributed by atoms with Crippen molar-refractivity contribution in [1.82, 2.24) is 4.98 Å². The third kappa shape index (κ3) is 1.73. The van der Waals surface area contributed by atoms with Gasteiger partial charge < -0.3 is 9.64 Å². The minimum Gasteiger partial charge on any atom is -0.377 e. The van der Waals surface area contributed by atoms with Crippen LogP contribution in [-0.2, 0) is 10.2 Å². The van der Waals surface area contributed by atoms with Gasteiger partial charge >= 0.3 is 0 Å². The highest BCUT2D eigenvalue weighted by atomic mass is 16.5. The van der Waals surface area contributed by atoms with E-state index in [1.807, 2.05) is 6.20 Å². The van der Waals surface area contributed by atoms with Gasteiger partial charge in [0.05, 0.1) is 30.6 Å². The highest BCUT2D eigenvalue weighted by molar-refractivity contribution is 5.58. The molecule has 1 atom stereocenters. The zero-order valence-corrected chi connectivity index (χ0v) is 10.9. The monoisotopic (exact) mass is 232 g/mol. The lowest BCUT2D eigenvalue weighted by Gasteiger charge is -2.47. The van der Waals surface area contributed by atoms with Crippen molar-refractivity contribution in [2.24, 2.45) is 0 Å². The molecule has 3 heterocycles. The lowest BCUT2D eigenvalue weighted by molar-refractivity contribution is 0.0810. The summed E-state index contributed by atoms with van der Waals surface area (Å²) in [5, 5.41) is 0. The van der Waals surface area contributed by atoms with E-state index in [2.05, 4.69) is 36.7 Å². The molecule has 0 aliphatic carbocycles. The zero-order chi connectivity index (χ0) is 12.0. The van der Waals surface area contributed by atoms with Crippen molar-refractivity contribution in [3.63, 3.8) is 0 Å². The third-order valence-corrected chi connectivity index (χ3v) is 3.93. The molecule has 3 heteroatoms. The van der Waals surface area contributed by atoms with Crippen LogP contribution >= 0.6 is 0 Å². The fourth-order valence-corrected chi connectivity index (χ4v) is 3.12. The number of anilines is 1. The van der Waals surface area contributed by atoms with E-state index in [9.17, 15) is 0 Å². The van der Waals surface area contributed by atoms with Crippen LogP contribution in [0.3, 0.4) is 0 Å². The number of ether oxygens (including phenoxy) is 1. The molecule has 0 bridgehead atoms. The van der Waals surface area contributed by atoms with E-state index in [-0.39, 0.29) is 5.41 Å². The predicted molar refractivity (Wildman–Crippen MR) is 68.6 cm³/mol. The highest BCUT2D eigenvalue weighted by Gasteiger charge is 2.39. The van der Waals surface area contributed by atoms with Gasteiger partial charge in [-0.1, -0.05) is 13.8 Å². The van der Waals surface area contributed by atoms with Crippen molar-refractivity contribution in [1.29, 1.82) is 0 Å². The second kappa shape index (κ2) is 3.70. The van der Waals surface area contributed by atoms with E-state index in [1.54, 1.807) is 0 Å². The fourth-order valence-electron chi connectivity index (χ4n) is 3.12. The van der Waals surface area contributed by atoms with E-state index in [4.69, 9.17) is 4.74 Å². The Morgan fingerprint density at radius 1 is 1.47 bits per heavy atom. The van der Waals surface area contributed by atoms with Crippen molar-refractivity contribution >= 4 is 5.69 Å². The number of hydrogen-bond donors (Lipinski definition) is 0. The van der Waals surface area contributed by atoms with Crippen LogP contribution in [-0.4, -0.2) is 30.8 Å². The molecular weight excluding hydrogens is 212 g/mol. The van der Waals surface area contributed by atoms with Crippen LogP contribution < -0.4 is 4.90 Å². The maximum Gasteiger partial charge on any atom is 0.0693 e. The van der Waals surface area contributed by atoms with Gasteiger partial charge in [-0.2, -0.15) is 0 Å². The summed E-state index contributed by atoms with van der Waals surface area (Å²) in [7, 11) is 0. The number of nitrogens with zero attached hydrogens (tertiary/aromatic N) is 2. The van der Waals surface area contributed by atoms with Crippen LogP contribution in [0.15, 0.2) is 12.3 Å². The van der Waals surface area contributed by atoms with Crippen molar-refractivity contribution in [2.45, 2.75) is 38.6 Å². The molecule has 2 aliphatic rings. The lowest BCUT2D eigenvalue weighted by Crippen LogP contribution is -2.52. The van der Waals surface area contributed by atoms with Crippen LogP contribution in [0.2, 0.25) is 0 Å². The number of rotatable bonds is 0. The average molecular weight is 232 g/mol. The Balaban J connectivity index is 2.11. The summed E-state index contributed by atoms with van der Waals surface area (Å²) in [6.07, 6.45) is 3.12. The predicted octanol–water partition coefficient (Wildman–Crippen LogP) is 2.28. The molecule has 1 saturated heterocycles. The van der Waals surface area contributed by atoms with Gasteiger partial charge in [0.2, 0.25) is 0 Å². The summed E-state index contributed by atoms with van der Waals surface area (Å²) in [6, 6.07) is 2.80. The molecule has 0 amide bonds. The Hall–Kier alpha value is -1.09. The second-order valence-electron chi connectivity index (χ2n) is 5.89. The summed E-state index contributed by atoms with van der Waals surface area (Å²) in [6.45, 7) is 9.39. The molecule has 3 nitrogen and oxygen atoms in total. The summed E-state index contributed by atoms with van der Waals surface area (Å²) in [5.74, 6) is 0. The first kappa shape index (κ1) is 11.0. The molecule has 17 heavy (non-hydrogen) atoms. The first-order valence-electron chi connectivity index (χ1n) is 6.39. The van der Waals surface area contributed by atoms with Gasteiger partial charge in [-0.05, 0) is 25.0 Å². The maximum absolute atomic E-state index is 5.62. The molecule has 2 aliphatic heterocycles. The SMILES string of the molecule is Cc1cnc2c(c1)N1CCOCC1CC2(C)C. The van der Waals surface area contributed by atoms with E-state index < -0.39 is 0 Å². The van der Waals surface area contributed by atoms with Crippen LogP contribution in [0.25, 0.3) is 0 Å². The molecule has 3 rings (SSSR count). The van der Waals surface area contributed by atoms with Crippen LogP contribution in [0.5, 0.6) is 0 Å². The van der Waals surface area contributed by atoms with Gasteiger partial charge in [0.25, 0.3) is 0 Å². The summed E-state index contributed by atoms with van der Waals surface area (Å²) in [5.41, 5.74) is 3.98. The first-order valence-corrected chi connectivity index (χ1v) is 6.39. The molecule has 1 aromatic rings. The van der Waals surface area contributed by atoms with Crippen LogP contribution in [0.1, 0.15) is 31.5 Å². The van der Waals surface area contributed by atoms with Crippen LogP contribution in [0.4, 0.5) is 5.69 Å². The molecule has 1 aromatic heterocycles. The number of pyridine rings is 1. The molecule has 0 N–H and O–H groups in total. The third-order valence-electron chi connectivity index (χ3n) is 3.93. The standard InChI is InChI=1S/C14H20N2O/c1-10-6-12-13(15-8-10)14(2,3)7-11-9-17-5-4-16(11)12/h6,8,11H,4-5,7,9H2,1-3H3. The van der Waals surface area contributed by atoms with Gasteiger partial charge in [0.1, 0.15) is 0 Å². The van der Waals surface area contributed by atoms with E-state index in [1.165, 1.54) is 16.9 Å². The Kier molecular flexibility index (Phi) is 2.40. The molecule has 0 radical (unpaired) electrons. The molecule has 0 aromatic carbocycles. The summed E-state index contributed by atoms with van der Waals surface area (Å²) in [4.78, 5) is 7.17. The Morgan fingerprint density at radius 2 is 2.29 bits per heavy atom. The molecule has 1 fully saturated rings. The van der Waals surface area contributed by atoms with Gasteiger partial charge in [-0.25, -0.2) is 0 Å². The van der Waals surface area contributed by atoms with Crippen molar-refractivity contribution < 1.29 is 4.74 Å². The molecular formula is C14H20N2O. The Bertz CT molecular complexity index is 442. The fraction of sp³-hybridized carbons (Fsp3) is 0.643. The van der Waals surface area contributed by atoms with Gasteiger partial charge in [0.15, 0.2) is 0 Å². The Morgan fingerprint density at radius 3 is 3.12 bits per heavy atom. The zero-order valence-electron chi connectivity index (χ0n) is 10.9. The van der Waals surface area contributed by atoms with Gasteiger partial charge in [0, 0.05) is 18.2 Å². The minimum absolute atomic E-state index is 0.158. The summed E-state index contributed by atoms with van der Waals surface area (Å²) < 4.78 is 5.62. The second-order valence-corrected chi connectivity index (χ2v) is 5.89. The van der Waals surface area contributed by atoms with E-state index in [0.717, 1.165) is 26.2 Å². The van der Waals surface area contributed by atoms with Crippen molar-refractivity contribution in [2.75, 3.05) is 24.7 Å². The van der Waals surface area contributed by atoms with E-state index in [0.29, 0.717) is 6.04 Å². The quantitative estimate of drug-likeness (QED) is 0.686. The highest BCUT2D eigenvalue weighted by Crippen LogP contribution is 2.42. The first-order chi connectivity index (χ1) is 8.08.